The molecular formula is C48H47FN6O11. The summed E-state index contributed by atoms with van der Waals surface area (Å²) in [7, 11) is 1.57. The molecule has 1 saturated heterocycles. The van der Waals surface area contributed by atoms with E-state index in [0.717, 1.165) is 10.5 Å². The van der Waals surface area contributed by atoms with E-state index in [2.05, 4.69) is 26.3 Å². The number of carbonyl (C=O) groups excluding carboxylic acids is 6. The summed E-state index contributed by atoms with van der Waals surface area (Å²) < 4.78 is 42.5. The summed E-state index contributed by atoms with van der Waals surface area (Å²) in [5, 5.41) is 11.6. The standard InChI is InChI=1S/C48H47FN6O11/c1-62-40-27-35-37(50-19-16-39(35)66-33-12-10-32(11-13-33)53-47(61)48(17-18-48)46(60)52-31-8-6-30(49)7-9-31)26-29(40)28-65-25-24-64-22-3-21-63-23-20-51-36-5-2-4-34-42(36)45(59)55(44(34)58)38-14-15-41(56)54-43(38)57/h2,4-13,16,19,26-27,38,51H,3,14-15,17-18,20-25,28H2,1H3,(H,52,60)(H,53,61)(H,54,56,57). The number of hydrogen-bond acceptors (Lipinski definition) is 13. The van der Waals surface area contributed by atoms with E-state index in [1.54, 1.807) is 61.8 Å². The van der Waals surface area contributed by atoms with Gasteiger partial charge in [0, 0.05) is 60.4 Å². The minimum Gasteiger partial charge on any atom is -0.496 e. The number of piperidine rings is 1. The van der Waals surface area contributed by atoms with E-state index in [4.69, 9.17) is 23.7 Å². The van der Waals surface area contributed by atoms with E-state index in [9.17, 15) is 33.2 Å². The van der Waals surface area contributed by atoms with Crippen LogP contribution in [0.2, 0.25) is 0 Å². The van der Waals surface area contributed by atoms with Crippen LogP contribution in [0, 0.1) is 11.2 Å². The van der Waals surface area contributed by atoms with Gasteiger partial charge in [0.2, 0.25) is 23.6 Å². The van der Waals surface area contributed by atoms with E-state index in [1.165, 1.54) is 24.3 Å². The Morgan fingerprint density at radius 2 is 1.52 bits per heavy atom. The van der Waals surface area contributed by atoms with Crippen LogP contribution in [-0.4, -0.2) is 98.1 Å². The number of anilines is 3. The van der Waals surface area contributed by atoms with Crippen LogP contribution in [-0.2, 0) is 40.0 Å². The molecule has 342 valence electrons. The molecule has 66 heavy (non-hydrogen) atoms. The molecule has 3 aliphatic rings. The van der Waals surface area contributed by atoms with E-state index in [1.807, 2.05) is 12.1 Å². The number of nitrogens with one attached hydrogen (secondary N) is 4. The summed E-state index contributed by atoms with van der Waals surface area (Å²) in [5.41, 5.74) is 2.05. The number of nitrogens with zero attached hydrogens (tertiary/aromatic N) is 2. The monoisotopic (exact) mass is 902 g/mol. The minimum atomic E-state index is -1.19. The Morgan fingerprint density at radius 1 is 0.818 bits per heavy atom. The van der Waals surface area contributed by atoms with Crippen molar-refractivity contribution in [2.45, 2.75) is 44.8 Å². The number of amides is 6. The first-order valence-electron chi connectivity index (χ1n) is 21.5. The van der Waals surface area contributed by atoms with Crippen LogP contribution in [0.15, 0.2) is 91.1 Å². The number of hydrogen-bond donors (Lipinski definition) is 4. The number of carbonyl (C=O) groups is 6. The van der Waals surface area contributed by atoms with Crippen LogP contribution in [0.4, 0.5) is 21.5 Å². The van der Waals surface area contributed by atoms with Gasteiger partial charge in [-0.1, -0.05) is 6.07 Å². The van der Waals surface area contributed by atoms with Gasteiger partial charge in [-0.2, -0.15) is 0 Å². The molecule has 5 aromatic rings. The number of methoxy groups -OCH3 is 1. The minimum absolute atomic E-state index is 0.0504. The third-order valence-corrected chi connectivity index (χ3v) is 11.4. The molecule has 6 amide bonds. The molecule has 0 bridgehead atoms. The third-order valence-electron chi connectivity index (χ3n) is 11.4. The highest BCUT2D eigenvalue weighted by atomic mass is 19.1. The molecular weight excluding hydrogens is 856 g/mol. The normalized spacial score (nSPS) is 16.2. The number of aromatic nitrogens is 1. The molecule has 1 unspecified atom stereocenters. The van der Waals surface area contributed by atoms with Crippen molar-refractivity contribution in [3.8, 4) is 17.2 Å². The van der Waals surface area contributed by atoms with Crippen LogP contribution in [0.1, 0.15) is 58.4 Å². The van der Waals surface area contributed by atoms with Crippen LogP contribution in [0.25, 0.3) is 10.9 Å². The fourth-order valence-corrected chi connectivity index (χ4v) is 7.72. The summed E-state index contributed by atoms with van der Waals surface area (Å²) in [4.78, 5) is 81.9. The molecule has 4 N–H and O–H groups in total. The van der Waals surface area contributed by atoms with E-state index >= 15 is 0 Å². The predicted molar refractivity (Wildman–Crippen MR) is 238 cm³/mol. The molecule has 1 atom stereocenters. The highest BCUT2D eigenvalue weighted by Gasteiger charge is 2.56. The molecule has 18 heteroatoms. The average molecular weight is 903 g/mol. The van der Waals surface area contributed by atoms with Crippen molar-refractivity contribution in [3.63, 3.8) is 0 Å². The molecule has 4 aromatic carbocycles. The number of fused-ring (bicyclic) bond motifs is 2. The predicted octanol–water partition coefficient (Wildman–Crippen LogP) is 5.99. The second-order valence-electron chi connectivity index (χ2n) is 15.8. The first-order chi connectivity index (χ1) is 32.0. The Morgan fingerprint density at radius 3 is 2.21 bits per heavy atom. The highest BCUT2D eigenvalue weighted by molar-refractivity contribution is 6.25. The van der Waals surface area contributed by atoms with Gasteiger partial charge in [-0.3, -0.25) is 44.0 Å². The zero-order valence-electron chi connectivity index (χ0n) is 36.0. The van der Waals surface area contributed by atoms with Crippen LogP contribution in [0.5, 0.6) is 17.2 Å². The Kier molecular flexibility index (Phi) is 13.9. The second-order valence-corrected chi connectivity index (χ2v) is 15.8. The van der Waals surface area contributed by atoms with Gasteiger partial charge in [0.25, 0.3) is 11.8 Å². The van der Waals surface area contributed by atoms with Crippen molar-refractivity contribution in [3.05, 3.63) is 114 Å². The summed E-state index contributed by atoms with van der Waals surface area (Å²) in [5.74, 6) is -1.85. The van der Waals surface area contributed by atoms with Crippen LogP contribution >= 0.6 is 0 Å². The number of halogens is 1. The Balaban J connectivity index is 0.731. The van der Waals surface area contributed by atoms with Gasteiger partial charge in [-0.15, -0.1) is 0 Å². The van der Waals surface area contributed by atoms with Crippen LogP contribution < -0.4 is 30.7 Å². The van der Waals surface area contributed by atoms with Crippen molar-refractivity contribution in [2.75, 3.05) is 62.6 Å². The van der Waals surface area contributed by atoms with Crippen molar-refractivity contribution < 1.29 is 56.8 Å². The fraction of sp³-hybridized carbons (Fsp3) is 0.312. The smallest absolute Gasteiger partial charge is 0.264 e. The summed E-state index contributed by atoms with van der Waals surface area (Å²) in [6.45, 7) is 2.57. The molecule has 0 spiro atoms. The zero-order valence-corrected chi connectivity index (χ0v) is 36.0. The number of ether oxygens (including phenoxy) is 5. The van der Waals surface area contributed by atoms with Crippen molar-refractivity contribution in [2.24, 2.45) is 5.41 Å². The van der Waals surface area contributed by atoms with Gasteiger partial charge in [0.05, 0.1) is 50.2 Å². The topological polar surface area (TPSA) is 213 Å². The van der Waals surface area contributed by atoms with Crippen molar-refractivity contribution in [1.29, 1.82) is 0 Å². The lowest BCUT2D eigenvalue weighted by atomic mass is 10.0. The molecule has 0 radical (unpaired) electrons. The number of benzene rings is 4. The maximum absolute atomic E-state index is 13.3. The highest BCUT2D eigenvalue weighted by Crippen LogP contribution is 2.47. The number of imide groups is 2. The summed E-state index contributed by atoms with van der Waals surface area (Å²) in [6.07, 6.45) is 3.24. The van der Waals surface area contributed by atoms with E-state index in [0.29, 0.717) is 104 Å². The van der Waals surface area contributed by atoms with Gasteiger partial charge < -0.3 is 39.6 Å². The number of rotatable bonds is 21. The lowest BCUT2D eigenvalue weighted by Gasteiger charge is -2.27. The van der Waals surface area contributed by atoms with E-state index in [-0.39, 0.29) is 30.6 Å². The quantitative estimate of drug-likeness (QED) is 0.0379. The van der Waals surface area contributed by atoms with Crippen molar-refractivity contribution in [1.82, 2.24) is 15.2 Å². The molecule has 1 aromatic heterocycles. The third kappa shape index (κ3) is 10.1. The average Bonchev–Trinajstić information content (AvgIpc) is 4.09. The maximum Gasteiger partial charge on any atom is 0.264 e. The molecule has 2 aliphatic heterocycles. The largest absolute Gasteiger partial charge is 0.496 e. The lowest BCUT2D eigenvalue weighted by Crippen LogP contribution is -2.54. The van der Waals surface area contributed by atoms with E-state index < -0.39 is 52.7 Å². The molecule has 3 heterocycles. The number of pyridine rings is 1. The molecule has 17 nitrogen and oxygen atoms in total. The fourth-order valence-electron chi connectivity index (χ4n) is 7.72. The van der Waals surface area contributed by atoms with Gasteiger partial charge in [-0.25, -0.2) is 4.39 Å². The lowest BCUT2D eigenvalue weighted by molar-refractivity contribution is -0.136. The zero-order chi connectivity index (χ0) is 46.2. The molecule has 8 rings (SSSR count). The summed E-state index contributed by atoms with van der Waals surface area (Å²) >= 11 is 0. The SMILES string of the molecule is COc1cc2c(Oc3ccc(NC(=O)C4(C(=O)Nc5ccc(F)cc5)CC4)cc3)ccnc2cc1COCCOCCCOCCNc1cccc2c1C(=O)N(C1CCC(=O)NC1=O)C2=O. The molecule has 1 aliphatic carbocycles. The first-order valence-corrected chi connectivity index (χ1v) is 21.5. The van der Waals surface area contributed by atoms with Crippen LogP contribution in [0.3, 0.4) is 0 Å². The van der Waals surface area contributed by atoms with Gasteiger partial charge in [0.1, 0.15) is 34.5 Å². The summed E-state index contributed by atoms with van der Waals surface area (Å²) in [6, 6.07) is 21.5. The Labute approximate surface area is 378 Å². The van der Waals surface area contributed by atoms with Gasteiger partial charge in [0.15, 0.2) is 0 Å². The molecule has 1 saturated carbocycles. The molecule has 2 fully saturated rings. The van der Waals surface area contributed by atoms with Crippen molar-refractivity contribution >= 4 is 63.4 Å². The maximum atomic E-state index is 13.3. The van der Waals surface area contributed by atoms with Gasteiger partial charge in [-0.05, 0) is 105 Å². The first kappa shape index (κ1) is 45.3. The Bertz CT molecular complexity index is 2660. The van der Waals surface area contributed by atoms with Gasteiger partial charge >= 0.3 is 0 Å². The Hall–Kier alpha value is -7.28. The second kappa shape index (κ2) is 20.3.